The third kappa shape index (κ3) is 2.97. The van der Waals surface area contributed by atoms with Crippen molar-refractivity contribution in [2.45, 2.75) is 17.5 Å². The van der Waals surface area contributed by atoms with Crippen molar-refractivity contribution in [2.75, 3.05) is 12.9 Å². The predicted molar refractivity (Wildman–Crippen MR) is 91.7 cm³/mol. The van der Waals surface area contributed by atoms with E-state index in [0.29, 0.717) is 5.56 Å². The zero-order chi connectivity index (χ0) is 19.0. The SMILES string of the molecule is COC1=C(C(=O)O)N2C(=O)[C@@H](NC(=O)C(N)c3ccc(O)cc3)[C@@H]2SC1. The molecule has 2 aliphatic heterocycles. The van der Waals surface area contributed by atoms with Crippen LogP contribution in [0, 0.1) is 0 Å². The smallest absolute Gasteiger partial charge is 0.356 e. The second kappa shape index (κ2) is 6.89. The molecule has 10 heteroatoms. The maximum Gasteiger partial charge on any atom is 0.356 e. The Kier molecular flexibility index (Phi) is 4.79. The summed E-state index contributed by atoms with van der Waals surface area (Å²) < 4.78 is 5.04. The van der Waals surface area contributed by atoms with E-state index in [-0.39, 0.29) is 23.0 Å². The van der Waals surface area contributed by atoms with E-state index in [2.05, 4.69) is 5.32 Å². The Balaban J connectivity index is 1.72. The van der Waals surface area contributed by atoms with E-state index in [9.17, 15) is 24.6 Å². The minimum Gasteiger partial charge on any atom is -0.508 e. The van der Waals surface area contributed by atoms with Crippen molar-refractivity contribution >= 4 is 29.5 Å². The number of hydrogen-bond donors (Lipinski definition) is 4. The molecule has 2 aliphatic rings. The fourth-order valence-electron chi connectivity index (χ4n) is 2.82. The molecule has 0 bridgehead atoms. The monoisotopic (exact) mass is 379 g/mol. The Bertz CT molecular complexity index is 794. The molecule has 3 rings (SSSR count). The highest BCUT2D eigenvalue weighted by atomic mass is 32.2. The van der Waals surface area contributed by atoms with Gasteiger partial charge in [0.1, 0.15) is 29.0 Å². The van der Waals surface area contributed by atoms with Crippen LogP contribution in [0.1, 0.15) is 11.6 Å². The van der Waals surface area contributed by atoms with Crippen LogP contribution >= 0.6 is 11.8 Å². The van der Waals surface area contributed by atoms with E-state index < -0.39 is 35.2 Å². The zero-order valence-electron chi connectivity index (χ0n) is 13.7. The van der Waals surface area contributed by atoms with Crippen LogP contribution in [-0.2, 0) is 19.1 Å². The number of aromatic hydroxyl groups is 1. The number of carbonyl (C=O) groups excluding carboxylic acids is 2. The second-order valence-electron chi connectivity index (χ2n) is 5.75. The number of rotatable bonds is 5. The van der Waals surface area contributed by atoms with Crippen LogP contribution in [0.2, 0.25) is 0 Å². The third-order valence-electron chi connectivity index (χ3n) is 4.21. The molecule has 1 fully saturated rings. The number of carboxylic acid groups (broad SMARTS) is 1. The minimum atomic E-state index is -1.26. The molecule has 3 atom stereocenters. The fourth-order valence-corrected chi connectivity index (χ4v) is 4.14. The number of aliphatic carboxylic acids is 1. The first-order valence-electron chi connectivity index (χ1n) is 7.65. The number of thioether (sulfide) groups is 1. The van der Waals surface area contributed by atoms with Crippen LogP contribution in [0.3, 0.4) is 0 Å². The highest BCUT2D eigenvalue weighted by Crippen LogP contribution is 2.40. The normalized spacial score (nSPS) is 23.0. The molecule has 138 valence electrons. The Morgan fingerprint density at radius 1 is 1.38 bits per heavy atom. The summed E-state index contributed by atoms with van der Waals surface area (Å²) in [6, 6.07) is 3.97. The molecule has 0 aliphatic carbocycles. The number of amides is 2. The molecule has 5 N–H and O–H groups in total. The number of nitrogens with one attached hydrogen (secondary N) is 1. The molecular weight excluding hydrogens is 362 g/mol. The molecule has 0 radical (unpaired) electrons. The number of phenols is 1. The number of benzene rings is 1. The largest absolute Gasteiger partial charge is 0.508 e. The average Bonchev–Trinajstić information content (AvgIpc) is 2.64. The van der Waals surface area contributed by atoms with Gasteiger partial charge >= 0.3 is 5.97 Å². The lowest BCUT2D eigenvalue weighted by Gasteiger charge is -2.49. The Labute approximate surface area is 152 Å². The molecule has 9 nitrogen and oxygen atoms in total. The van der Waals surface area contributed by atoms with E-state index in [4.69, 9.17) is 10.5 Å². The summed E-state index contributed by atoms with van der Waals surface area (Å²) in [5.74, 6) is -1.81. The molecule has 0 spiro atoms. The van der Waals surface area contributed by atoms with Crippen LogP contribution in [0.5, 0.6) is 5.75 Å². The molecule has 0 aromatic heterocycles. The number of phenolic OH excluding ortho intramolecular Hbond substituents is 1. The van der Waals surface area contributed by atoms with Gasteiger partial charge in [0.25, 0.3) is 5.91 Å². The maximum absolute atomic E-state index is 12.4. The van der Waals surface area contributed by atoms with Crippen molar-refractivity contribution < 1.29 is 29.3 Å². The Hall–Kier alpha value is -2.72. The lowest BCUT2D eigenvalue weighted by atomic mass is 10.0. The lowest BCUT2D eigenvalue weighted by molar-refractivity contribution is -0.151. The van der Waals surface area contributed by atoms with Gasteiger partial charge in [0.2, 0.25) is 5.91 Å². The average molecular weight is 379 g/mol. The van der Waals surface area contributed by atoms with Gasteiger partial charge in [-0.3, -0.25) is 14.5 Å². The number of carbonyl (C=O) groups is 3. The van der Waals surface area contributed by atoms with Gasteiger partial charge in [0.05, 0.1) is 12.9 Å². The van der Waals surface area contributed by atoms with Crippen LogP contribution in [0.25, 0.3) is 0 Å². The summed E-state index contributed by atoms with van der Waals surface area (Å²) in [6.07, 6.45) is 0. The van der Waals surface area contributed by atoms with E-state index in [1.54, 1.807) is 0 Å². The molecule has 26 heavy (non-hydrogen) atoms. The summed E-state index contributed by atoms with van der Waals surface area (Å²) in [7, 11) is 1.35. The number of β-lactam (4-membered cyclic amide) rings is 1. The van der Waals surface area contributed by atoms with Crippen LogP contribution in [0.15, 0.2) is 35.7 Å². The molecule has 1 aromatic rings. The number of carboxylic acids is 1. The van der Waals surface area contributed by atoms with Crippen molar-refractivity contribution in [1.29, 1.82) is 0 Å². The molecular formula is C16H17N3O6S. The number of methoxy groups -OCH3 is 1. The minimum absolute atomic E-state index is 0.0479. The molecule has 1 unspecified atom stereocenters. The van der Waals surface area contributed by atoms with Gasteiger partial charge in [0, 0.05) is 0 Å². The Morgan fingerprint density at radius 3 is 2.62 bits per heavy atom. The third-order valence-corrected chi connectivity index (χ3v) is 5.47. The zero-order valence-corrected chi connectivity index (χ0v) is 14.5. The van der Waals surface area contributed by atoms with E-state index >= 15 is 0 Å². The maximum atomic E-state index is 12.4. The molecule has 2 amide bonds. The number of nitrogens with zero attached hydrogens (tertiary/aromatic N) is 1. The predicted octanol–water partition coefficient (Wildman–Crippen LogP) is -0.265. The summed E-state index contributed by atoms with van der Waals surface area (Å²) in [6.45, 7) is 0. The quantitative estimate of drug-likeness (QED) is 0.512. The van der Waals surface area contributed by atoms with Crippen molar-refractivity contribution in [1.82, 2.24) is 10.2 Å². The van der Waals surface area contributed by atoms with Crippen molar-refractivity contribution in [3.63, 3.8) is 0 Å². The second-order valence-corrected chi connectivity index (χ2v) is 6.85. The molecule has 1 saturated heterocycles. The van der Waals surface area contributed by atoms with Gasteiger partial charge in [-0.15, -0.1) is 11.8 Å². The first-order chi connectivity index (χ1) is 12.3. The summed E-state index contributed by atoms with van der Waals surface area (Å²) in [5, 5.41) is 20.7. The summed E-state index contributed by atoms with van der Waals surface area (Å²) in [4.78, 5) is 37.3. The first-order valence-corrected chi connectivity index (χ1v) is 8.70. The standard InChI is InChI=1S/C16H17N3O6S/c1-25-9-6-26-15-11(14(22)19(15)12(9)16(23)24)18-13(21)10(17)7-2-4-8(20)5-3-7/h2-5,10-11,15,20H,6,17H2,1H3,(H,18,21)(H,23,24)/t10?,11-,15+/m1/s1. The van der Waals surface area contributed by atoms with Gasteiger partial charge in [-0.1, -0.05) is 12.1 Å². The number of hydrogen-bond acceptors (Lipinski definition) is 7. The molecule has 0 saturated carbocycles. The topological polar surface area (TPSA) is 142 Å². The summed E-state index contributed by atoms with van der Waals surface area (Å²) >= 11 is 1.30. The number of fused-ring (bicyclic) bond motifs is 1. The van der Waals surface area contributed by atoms with Crippen molar-refractivity contribution in [3.8, 4) is 5.75 Å². The van der Waals surface area contributed by atoms with Gasteiger partial charge in [-0.05, 0) is 17.7 Å². The first kappa shape index (κ1) is 18.1. The van der Waals surface area contributed by atoms with Crippen LogP contribution < -0.4 is 11.1 Å². The molecule has 1 aromatic carbocycles. The van der Waals surface area contributed by atoms with Gasteiger partial charge in [-0.25, -0.2) is 4.79 Å². The number of ether oxygens (including phenoxy) is 1. The van der Waals surface area contributed by atoms with Gasteiger partial charge in [0.15, 0.2) is 5.70 Å². The van der Waals surface area contributed by atoms with E-state index in [1.165, 1.54) is 43.1 Å². The fraction of sp³-hybridized carbons (Fsp3) is 0.312. The van der Waals surface area contributed by atoms with Crippen LogP contribution in [-0.4, -0.2) is 57.2 Å². The van der Waals surface area contributed by atoms with Gasteiger partial charge < -0.3 is 26.0 Å². The van der Waals surface area contributed by atoms with Crippen molar-refractivity contribution in [2.24, 2.45) is 5.73 Å². The molecule has 2 heterocycles. The lowest BCUT2D eigenvalue weighted by Crippen LogP contribution is -2.71. The van der Waals surface area contributed by atoms with Crippen molar-refractivity contribution in [3.05, 3.63) is 41.3 Å². The number of nitrogens with two attached hydrogens (primary N) is 1. The van der Waals surface area contributed by atoms with E-state index in [0.717, 1.165) is 4.90 Å². The Morgan fingerprint density at radius 2 is 2.04 bits per heavy atom. The summed E-state index contributed by atoms with van der Waals surface area (Å²) in [5.41, 5.74) is 6.18. The van der Waals surface area contributed by atoms with Crippen LogP contribution in [0.4, 0.5) is 0 Å². The van der Waals surface area contributed by atoms with E-state index in [1.807, 2.05) is 0 Å². The van der Waals surface area contributed by atoms with Gasteiger partial charge in [-0.2, -0.15) is 0 Å². The highest BCUT2D eigenvalue weighted by molar-refractivity contribution is 8.00. The highest BCUT2D eigenvalue weighted by Gasteiger charge is 2.54.